The van der Waals surface area contributed by atoms with Crippen LogP contribution in [-0.2, 0) is 6.61 Å². The van der Waals surface area contributed by atoms with Gasteiger partial charge in [-0.25, -0.2) is 8.78 Å². The molecular weight excluding hydrogens is 304 g/mol. The molecule has 0 radical (unpaired) electrons. The van der Waals surface area contributed by atoms with E-state index in [-0.39, 0.29) is 22.2 Å². The number of hydrogen-bond acceptors (Lipinski definition) is 2. The highest BCUT2D eigenvalue weighted by Gasteiger charge is 2.07. The molecule has 6 heteroatoms. The maximum Gasteiger partial charge on any atom is 0.142 e. The highest BCUT2D eigenvalue weighted by atomic mass is 35.5. The third-order valence-electron chi connectivity index (χ3n) is 2.59. The van der Waals surface area contributed by atoms with Crippen molar-refractivity contribution in [1.82, 2.24) is 0 Å². The molecule has 0 aliphatic carbocycles. The molecule has 0 aromatic heterocycles. The van der Waals surface area contributed by atoms with Crippen molar-refractivity contribution in [2.45, 2.75) is 6.61 Å². The second-order valence-corrected chi connectivity index (χ2v) is 4.89. The van der Waals surface area contributed by atoms with Crippen molar-refractivity contribution in [3.63, 3.8) is 0 Å². The van der Waals surface area contributed by atoms with Crippen LogP contribution in [0.15, 0.2) is 36.4 Å². The summed E-state index contributed by atoms with van der Waals surface area (Å²) in [6, 6.07) is 8.38. The van der Waals surface area contributed by atoms with Gasteiger partial charge in [-0.15, -0.1) is 0 Å². The van der Waals surface area contributed by atoms with E-state index in [1.807, 2.05) is 0 Å². The number of halogens is 3. The van der Waals surface area contributed by atoms with Crippen molar-refractivity contribution in [1.29, 1.82) is 0 Å². The van der Waals surface area contributed by atoms with Crippen LogP contribution >= 0.6 is 23.8 Å². The van der Waals surface area contributed by atoms with E-state index in [9.17, 15) is 8.78 Å². The van der Waals surface area contributed by atoms with E-state index < -0.39 is 11.6 Å². The fourth-order valence-corrected chi connectivity index (χ4v) is 1.91. The molecule has 0 spiro atoms. The zero-order valence-corrected chi connectivity index (χ0v) is 11.8. The highest BCUT2D eigenvalue weighted by Crippen LogP contribution is 2.22. The Balaban J connectivity index is 2.12. The number of rotatable bonds is 4. The number of benzene rings is 2. The van der Waals surface area contributed by atoms with Crippen LogP contribution in [0.4, 0.5) is 8.78 Å². The molecule has 0 atom stereocenters. The third kappa shape index (κ3) is 3.43. The number of nitrogens with two attached hydrogens (primary N) is 1. The van der Waals surface area contributed by atoms with Gasteiger partial charge in [0.15, 0.2) is 0 Å². The van der Waals surface area contributed by atoms with E-state index in [0.717, 1.165) is 0 Å². The van der Waals surface area contributed by atoms with Gasteiger partial charge in [0.1, 0.15) is 29.0 Å². The molecule has 2 rings (SSSR count). The van der Waals surface area contributed by atoms with Crippen LogP contribution in [0, 0.1) is 11.6 Å². The van der Waals surface area contributed by atoms with Crippen molar-refractivity contribution in [2.75, 3.05) is 0 Å². The standard InChI is InChI=1S/C14H10ClF2NOS/c15-11-6-9(2-4-13(11)17)19-7-8-1-3-12(16)10(5-8)14(18)20/h1-6H,7H2,(H2,18,20). The Bertz CT molecular complexity index is 664. The maximum absolute atomic E-state index is 13.4. The molecule has 2 aromatic carbocycles. The van der Waals surface area contributed by atoms with Gasteiger partial charge in [-0.1, -0.05) is 29.9 Å². The van der Waals surface area contributed by atoms with Crippen LogP contribution in [0.2, 0.25) is 5.02 Å². The quantitative estimate of drug-likeness (QED) is 0.871. The molecule has 2 aromatic rings. The van der Waals surface area contributed by atoms with Crippen molar-refractivity contribution in [2.24, 2.45) is 5.73 Å². The molecule has 20 heavy (non-hydrogen) atoms. The zero-order chi connectivity index (χ0) is 14.7. The van der Waals surface area contributed by atoms with E-state index >= 15 is 0 Å². The van der Waals surface area contributed by atoms with Gasteiger partial charge in [0, 0.05) is 11.6 Å². The van der Waals surface area contributed by atoms with Gasteiger partial charge in [0.2, 0.25) is 0 Å². The second-order valence-electron chi connectivity index (χ2n) is 4.04. The SMILES string of the molecule is NC(=S)c1cc(COc2ccc(F)c(Cl)c2)ccc1F. The average molecular weight is 314 g/mol. The molecule has 0 heterocycles. The van der Waals surface area contributed by atoms with Gasteiger partial charge >= 0.3 is 0 Å². The highest BCUT2D eigenvalue weighted by molar-refractivity contribution is 7.80. The summed E-state index contributed by atoms with van der Waals surface area (Å²) in [5.74, 6) is -0.583. The molecule has 0 saturated carbocycles. The average Bonchev–Trinajstić information content (AvgIpc) is 2.41. The molecule has 2 N–H and O–H groups in total. The smallest absolute Gasteiger partial charge is 0.142 e. The van der Waals surface area contributed by atoms with E-state index in [2.05, 4.69) is 0 Å². The molecule has 0 aliphatic heterocycles. The first-order chi connectivity index (χ1) is 9.47. The molecule has 0 aliphatic rings. The van der Waals surface area contributed by atoms with Crippen molar-refractivity contribution in [3.05, 3.63) is 64.2 Å². The molecular formula is C14H10ClF2NOS. The number of thiocarbonyl (C=S) groups is 1. The third-order valence-corrected chi connectivity index (χ3v) is 3.10. The topological polar surface area (TPSA) is 35.2 Å². The lowest BCUT2D eigenvalue weighted by atomic mass is 10.1. The van der Waals surface area contributed by atoms with Gasteiger partial charge in [-0.2, -0.15) is 0 Å². The molecule has 0 saturated heterocycles. The van der Waals surface area contributed by atoms with Gasteiger partial charge in [-0.3, -0.25) is 0 Å². The minimum Gasteiger partial charge on any atom is -0.489 e. The van der Waals surface area contributed by atoms with Crippen LogP contribution in [0.1, 0.15) is 11.1 Å². The van der Waals surface area contributed by atoms with Gasteiger partial charge in [0.25, 0.3) is 0 Å². The summed E-state index contributed by atoms with van der Waals surface area (Å²) in [6.07, 6.45) is 0. The normalized spacial score (nSPS) is 10.3. The Labute approximate surface area is 125 Å². The predicted molar refractivity (Wildman–Crippen MR) is 78.0 cm³/mol. The van der Waals surface area contributed by atoms with E-state index in [1.54, 1.807) is 6.07 Å². The zero-order valence-electron chi connectivity index (χ0n) is 10.2. The Hall–Kier alpha value is -1.72. The van der Waals surface area contributed by atoms with Gasteiger partial charge in [0.05, 0.1) is 5.02 Å². The Morgan fingerprint density at radius 3 is 2.50 bits per heavy atom. The fraction of sp³-hybridized carbons (Fsp3) is 0.0714. The largest absolute Gasteiger partial charge is 0.489 e. The van der Waals surface area contributed by atoms with E-state index in [4.69, 9.17) is 34.3 Å². The Morgan fingerprint density at radius 1 is 1.15 bits per heavy atom. The summed E-state index contributed by atoms with van der Waals surface area (Å²) in [4.78, 5) is -0.0193. The summed E-state index contributed by atoms with van der Waals surface area (Å²) in [6.45, 7) is 0.165. The summed E-state index contributed by atoms with van der Waals surface area (Å²) < 4.78 is 31.8. The first kappa shape index (κ1) is 14.7. The van der Waals surface area contributed by atoms with Gasteiger partial charge < -0.3 is 10.5 Å². The summed E-state index contributed by atoms with van der Waals surface area (Å²) in [5.41, 5.74) is 6.27. The number of hydrogen-bond donors (Lipinski definition) is 1. The Morgan fingerprint density at radius 2 is 1.85 bits per heavy atom. The molecule has 104 valence electrons. The van der Waals surface area contributed by atoms with E-state index in [0.29, 0.717) is 11.3 Å². The summed E-state index contributed by atoms with van der Waals surface area (Å²) in [5, 5.41) is -0.0227. The second kappa shape index (κ2) is 6.15. The lowest BCUT2D eigenvalue weighted by molar-refractivity contribution is 0.305. The van der Waals surface area contributed by atoms with Crippen LogP contribution in [0.5, 0.6) is 5.75 Å². The fourth-order valence-electron chi connectivity index (χ4n) is 1.58. The molecule has 0 unspecified atom stereocenters. The molecule has 0 bridgehead atoms. The predicted octanol–water partition coefficient (Wildman–Crippen LogP) is 3.83. The number of ether oxygens (including phenoxy) is 1. The van der Waals surface area contributed by atoms with Crippen LogP contribution in [0.25, 0.3) is 0 Å². The van der Waals surface area contributed by atoms with Gasteiger partial charge in [-0.05, 0) is 29.8 Å². The first-order valence-electron chi connectivity index (χ1n) is 5.63. The van der Waals surface area contributed by atoms with Crippen molar-refractivity contribution >= 4 is 28.8 Å². The minimum absolute atomic E-state index is 0.0193. The lowest BCUT2D eigenvalue weighted by Crippen LogP contribution is -2.12. The Kier molecular flexibility index (Phi) is 4.52. The van der Waals surface area contributed by atoms with Crippen LogP contribution in [0.3, 0.4) is 0 Å². The van der Waals surface area contributed by atoms with Crippen LogP contribution in [-0.4, -0.2) is 4.99 Å². The maximum atomic E-state index is 13.4. The molecule has 2 nitrogen and oxygen atoms in total. The minimum atomic E-state index is -0.517. The first-order valence-corrected chi connectivity index (χ1v) is 6.42. The molecule has 0 fully saturated rings. The van der Waals surface area contributed by atoms with Crippen molar-refractivity contribution < 1.29 is 13.5 Å². The molecule has 0 amide bonds. The lowest BCUT2D eigenvalue weighted by Gasteiger charge is -2.09. The summed E-state index contributed by atoms with van der Waals surface area (Å²) >= 11 is 10.4. The van der Waals surface area contributed by atoms with Crippen LogP contribution < -0.4 is 10.5 Å². The van der Waals surface area contributed by atoms with Crippen molar-refractivity contribution in [3.8, 4) is 5.75 Å². The monoisotopic (exact) mass is 313 g/mol. The van der Waals surface area contributed by atoms with E-state index in [1.165, 1.54) is 30.3 Å². The summed E-state index contributed by atoms with van der Waals surface area (Å²) in [7, 11) is 0.